The minimum atomic E-state index is -1.04. The summed E-state index contributed by atoms with van der Waals surface area (Å²) < 4.78 is 1.52. The summed E-state index contributed by atoms with van der Waals surface area (Å²) in [4.78, 5) is 41.7. The molecular weight excluding hydrogens is 358 g/mol. The molecule has 0 aliphatic carbocycles. The molecule has 0 spiro atoms. The lowest BCUT2D eigenvalue weighted by molar-refractivity contribution is -0.132. The van der Waals surface area contributed by atoms with Crippen LogP contribution in [0.2, 0.25) is 0 Å². The van der Waals surface area contributed by atoms with Gasteiger partial charge >= 0.3 is 0 Å². The second kappa shape index (κ2) is 7.93. The summed E-state index contributed by atoms with van der Waals surface area (Å²) in [5.41, 5.74) is -0.406. The smallest absolute Gasteiger partial charge is 0.274 e. The molecule has 0 radical (unpaired) electrons. The highest BCUT2D eigenvalue weighted by Crippen LogP contribution is 2.26. The predicted octanol–water partition coefficient (Wildman–Crippen LogP) is 1.52. The summed E-state index contributed by atoms with van der Waals surface area (Å²) in [6.07, 6.45) is 4.00. The Hall–Kier alpha value is -2.38. The molecule has 3 amide bonds. The van der Waals surface area contributed by atoms with Crippen LogP contribution >= 0.6 is 0 Å². The summed E-state index contributed by atoms with van der Waals surface area (Å²) in [6.45, 7) is 8.19. The number of hydrogen-bond acceptors (Lipinski definition) is 4. The third-order valence-corrected chi connectivity index (χ3v) is 5.86. The normalized spacial score (nSPS) is 22.4. The monoisotopic (exact) mass is 389 g/mol. The Morgan fingerprint density at radius 3 is 2.57 bits per heavy atom. The number of nitrogens with one attached hydrogen (secondary N) is 1. The molecule has 1 fully saturated rings. The van der Waals surface area contributed by atoms with Gasteiger partial charge in [-0.3, -0.25) is 19.1 Å². The van der Waals surface area contributed by atoms with Gasteiger partial charge in [-0.2, -0.15) is 5.10 Å². The number of amides is 3. The number of fused-ring (bicyclic) bond motifs is 1. The van der Waals surface area contributed by atoms with E-state index in [0.29, 0.717) is 18.2 Å². The van der Waals surface area contributed by atoms with Crippen LogP contribution in [-0.2, 0) is 11.3 Å². The third-order valence-electron chi connectivity index (χ3n) is 5.86. The highest BCUT2D eigenvalue weighted by atomic mass is 16.2. The first-order valence-electron chi connectivity index (χ1n) is 10.2. The van der Waals surface area contributed by atoms with Gasteiger partial charge in [-0.15, -0.1) is 0 Å². The Kier molecular flexibility index (Phi) is 5.76. The summed E-state index contributed by atoms with van der Waals surface area (Å²) in [7, 11) is 1.63. The van der Waals surface area contributed by atoms with Gasteiger partial charge in [0.25, 0.3) is 11.8 Å². The number of piperidine rings is 1. The highest BCUT2D eigenvalue weighted by Gasteiger charge is 2.46. The predicted molar refractivity (Wildman–Crippen MR) is 105 cm³/mol. The zero-order valence-corrected chi connectivity index (χ0v) is 17.3. The SMILES string of the molecule is CC(C)CCNC(=O)[C@@]1(C)Cn2nc(C(=O)N3CCCCC3)cc2C(=O)N1C. The number of rotatable bonds is 5. The molecular formula is C20H31N5O3. The molecule has 2 aliphatic rings. The van der Waals surface area contributed by atoms with E-state index >= 15 is 0 Å². The zero-order chi connectivity index (χ0) is 20.5. The van der Waals surface area contributed by atoms with Gasteiger partial charge in [0.2, 0.25) is 5.91 Å². The van der Waals surface area contributed by atoms with E-state index in [2.05, 4.69) is 24.3 Å². The van der Waals surface area contributed by atoms with Crippen molar-refractivity contribution in [1.82, 2.24) is 24.9 Å². The topological polar surface area (TPSA) is 87.5 Å². The lowest BCUT2D eigenvalue weighted by atomic mass is 9.95. The Labute approximate surface area is 166 Å². The molecule has 154 valence electrons. The van der Waals surface area contributed by atoms with Crippen molar-refractivity contribution in [2.45, 2.75) is 58.5 Å². The lowest BCUT2D eigenvalue weighted by Crippen LogP contribution is -2.62. The maximum Gasteiger partial charge on any atom is 0.274 e. The second-order valence-corrected chi connectivity index (χ2v) is 8.50. The van der Waals surface area contributed by atoms with E-state index < -0.39 is 5.54 Å². The van der Waals surface area contributed by atoms with Gasteiger partial charge in [0.15, 0.2) is 5.69 Å². The van der Waals surface area contributed by atoms with Gasteiger partial charge in [-0.05, 0) is 38.5 Å². The number of carbonyl (C=O) groups excluding carboxylic acids is 3. The fourth-order valence-corrected chi connectivity index (χ4v) is 3.76. The summed E-state index contributed by atoms with van der Waals surface area (Å²) >= 11 is 0. The number of hydrogen-bond donors (Lipinski definition) is 1. The minimum absolute atomic E-state index is 0.139. The first-order valence-corrected chi connectivity index (χ1v) is 10.2. The van der Waals surface area contributed by atoms with Crippen molar-refractivity contribution in [3.63, 3.8) is 0 Å². The molecule has 8 heteroatoms. The first kappa shape index (κ1) is 20.4. The molecule has 0 saturated carbocycles. The zero-order valence-electron chi connectivity index (χ0n) is 17.3. The van der Waals surface area contributed by atoms with Crippen molar-refractivity contribution >= 4 is 17.7 Å². The molecule has 8 nitrogen and oxygen atoms in total. The standard InChI is InChI=1S/C20H31N5O3/c1-14(2)8-9-21-19(28)20(3)13-25-16(18(27)23(20)4)12-15(22-25)17(26)24-10-6-5-7-11-24/h12,14H,5-11,13H2,1-4H3,(H,21,28)/t20-/m1/s1. The van der Waals surface area contributed by atoms with Crippen LogP contribution in [0.25, 0.3) is 0 Å². The average molecular weight is 390 g/mol. The Morgan fingerprint density at radius 2 is 1.93 bits per heavy atom. The van der Waals surface area contributed by atoms with Crippen LogP contribution in [-0.4, -0.2) is 69.5 Å². The molecule has 3 heterocycles. The maximum absolute atomic E-state index is 12.9. The van der Waals surface area contributed by atoms with Crippen molar-refractivity contribution in [2.24, 2.45) is 5.92 Å². The molecule has 2 aliphatic heterocycles. The van der Waals surface area contributed by atoms with Crippen LogP contribution in [0.15, 0.2) is 6.07 Å². The first-order chi connectivity index (χ1) is 13.2. The highest BCUT2D eigenvalue weighted by molar-refractivity contribution is 6.01. The number of aromatic nitrogens is 2. The molecule has 3 rings (SSSR count). The van der Waals surface area contributed by atoms with Crippen LogP contribution in [0.5, 0.6) is 0 Å². The van der Waals surface area contributed by atoms with E-state index in [1.165, 1.54) is 9.58 Å². The van der Waals surface area contributed by atoms with E-state index in [1.54, 1.807) is 24.9 Å². The van der Waals surface area contributed by atoms with Gasteiger partial charge in [-0.25, -0.2) is 0 Å². The van der Waals surface area contributed by atoms with E-state index in [4.69, 9.17) is 0 Å². The largest absolute Gasteiger partial charge is 0.354 e. The van der Waals surface area contributed by atoms with Crippen molar-refractivity contribution in [2.75, 3.05) is 26.7 Å². The Bertz CT molecular complexity index is 766. The number of nitrogens with zero attached hydrogens (tertiary/aromatic N) is 4. The van der Waals surface area contributed by atoms with Crippen LogP contribution in [0.1, 0.15) is 67.4 Å². The summed E-state index contributed by atoms with van der Waals surface area (Å²) in [5, 5.41) is 7.33. The van der Waals surface area contributed by atoms with Gasteiger partial charge in [0.1, 0.15) is 11.2 Å². The fourth-order valence-electron chi connectivity index (χ4n) is 3.76. The van der Waals surface area contributed by atoms with Crippen molar-refractivity contribution in [1.29, 1.82) is 0 Å². The van der Waals surface area contributed by atoms with Gasteiger partial charge in [-0.1, -0.05) is 13.8 Å². The number of likely N-dealkylation sites (N-methyl/N-ethyl adjacent to an activating group) is 1. The van der Waals surface area contributed by atoms with E-state index in [-0.39, 0.29) is 30.0 Å². The number of likely N-dealkylation sites (tertiary alicyclic amines) is 1. The van der Waals surface area contributed by atoms with Crippen molar-refractivity contribution in [3.8, 4) is 0 Å². The Morgan fingerprint density at radius 1 is 1.25 bits per heavy atom. The molecule has 0 aromatic carbocycles. The summed E-state index contributed by atoms with van der Waals surface area (Å²) in [6, 6.07) is 1.56. The molecule has 1 aromatic heterocycles. The van der Waals surface area contributed by atoms with Gasteiger partial charge in [0.05, 0.1) is 6.54 Å². The van der Waals surface area contributed by atoms with E-state index in [1.807, 2.05) is 0 Å². The second-order valence-electron chi connectivity index (χ2n) is 8.50. The van der Waals surface area contributed by atoms with Crippen LogP contribution in [0.3, 0.4) is 0 Å². The van der Waals surface area contributed by atoms with Gasteiger partial charge in [0, 0.05) is 32.7 Å². The molecule has 0 unspecified atom stereocenters. The van der Waals surface area contributed by atoms with Gasteiger partial charge < -0.3 is 15.1 Å². The molecule has 1 atom stereocenters. The van der Waals surface area contributed by atoms with Crippen molar-refractivity contribution < 1.29 is 14.4 Å². The van der Waals surface area contributed by atoms with Crippen molar-refractivity contribution in [3.05, 3.63) is 17.5 Å². The molecule has 28 heavy (non-hydrogen) atoms. The van der Waals surface area contributed by atoms with Crippen LogP contribution in [0, 0.1) is 5.92 Å². The molecule has 1 N–H and O–H groups in total. The third kappa shape index (κ3) is 3.77. The quantitative estimate of drug-likeness (QED) is 0.827. The van der Waals surface area contributed by atoms with E-state index in [9.17, 15) is 14.4 Å². The number of carbonyl (C=O) groups is 3. The molecule has 1 saturated heterocycles. The Balaban J connectivity index is 1.79. The summed E-state index contributed by atoms with van der Waals surface area (Å²) in [5.74, 6) is -0.146. The van der Waals surface area contributed by atoms with E-state index in [0.717, 1.165) is 38.8 Å². The molecule has 1 aromatic rings. The lowest BCUT2D eigenvalue weighted by Gasteiger charge is -2.40. The average Bonchev–Trinajstić information content (AvgIpc) is 3.09. The minimum Gasteiger partial charge on any atom is -0.354 e. The van der Waals surface area contributed by atoms with Crippen LogP contribution in [0.4, 0.5) is 0 Å². The fraction of sp³-hybridized carbons (Fsp3) is 0.700. The maximum atomic E-state index is 12.9. The van der Waals surface area contributed by atoms with Crippen LogP contribution < -0.4 is 5.32 Å². The molecule has 0 bridgehead atoms.